The van der Waals surface area contributed by atoms with Crippen LogP contribution >= 0.6 is 0 Å². The van der Waals surface area contributed by atoms with Crippen LogP contribution in [0.4, 0.5) is 0 Å². The first-order valence-electron chi connectivity index (χ1n) is 5.11. The summed E-state index contributed by atoms with van der Waals surface area (Å²) in [5.74, 6) is 0.719. The van der Waals surface area contributed by atoms with Crippen molar-refractivity contribution >= 4 is 0 Å². The lowest BCUT2D eigenvalue weighted by Gasteiger charge is -2.03. The molecule has 0 aliphatic rings. The van der Waals surface area contributed by atoms with Crippen LogP contribution in [0.2, 0.25) is 0 Å². The van der Waals surface area contributed by atoms with Crippen LogP contribution in [-0.4, -0.2) is 20.1 Å². The van der Waals surface area contributed by atoms with Crippen molar-refractivity contribution in [2.24, 2.45) is 0 Å². The summed E-state index contributed by atoms with van der Waals surface area (Å²) in [4.78, 5) is 12.6. The second-order valence-electron chi connectivity index (χ2n) is 3.61. The van der Waals surface area contributed by atoms with E-state index in [0.717, 1.165) is 17.1 Å². The fraction of sp³-hybridized carbons (Fsp3) is 0.250. The standard InChI is InChI=1S/C12H13N3O/c1-9-5-11(8-16)15-12(14-9)6-10-3-2-4-13-7-10/h2-5,7,16H,6,8H2,1H3. The fourth-order valence-electron chi connectivity index (χ4n) is 1.55. The van der Waals surface area contributed by atoms with E-state index >= 15 is 0 Å². The van der Waals surface area contributed by atoms with E-state index in [1.54, 1.807) is 18.5 Å². The van der Waals surface area contributed by atoms with Gasteiger partial charge in [-0.05, 0) is 24.6 Å². The molecule has 0 saturated carbocycles. The van der Waals surface area contributed by atoms with Gasteiger partial charge in [0.05, 0.1) is 12.3 Å². The molecule has 0 radical (unpaired) electrons. The predicted molar refractivity (Wildman–Crippen MR) is 59.7 cm³/mol. The van der Waals surface area contributed by atoms with Crippen molar-refractivity contribution in [3.63, 3.8) is 0 Å². The molecule has 0 fully saturated rings. The van der Waals surface area contributed by atoms with Crippen LogP contribution in [0.5, 0.6) is 0 Å². The minimum Gasteiger partial charge on any atom is -0.390 e. The van der Waals surface area contributed by atoms with Gasteiger partial charge >= 0.3 is 0 Å². The van der Waals surface area contributed by atoms with Crippen LogP contribution in [0.15, 0.2) is 30.6 Å². The van der Waals surface area contributed by atoms with Crippen LogP contribution in [0.1, 0.15) is 22.8 Å². The molecule has 2 rings (SSSR count). The highest BCUT2D eigenvalue weighted by molar-refractivity contribution is 5.17. The van der Waals surface area contributed by atoms with Crippen molar-refractivity contribution in [1.29, 1.82) is 0 Å². The van der Waals surface area contributed by atoms with Gasteiger partial charge in [-0.1, -0.05) is 6.07 Å². The Morgan fingerprint density at radius 2 is 2.19 bits per heavy atom. The SMILES string of the molecule is Cc1cc(CO)nc(Cc2cccnc2)n1. The number of rotatable bonds is 3. The summed E-state index contributed by atoms with van der Waals surface area (Å²) in [6.07, 6.45) is 4.17. The van der Waals surface area contributed by atoms with Gasteiger partial charge in [-0.15, -0.1) is 0 Å². The number of aliphatic hydroxyl groups is 1. The van der Waals surface area contributed by atoms with Gasteiger partial charge in [-0.2, -0.15) is 0 Å². The van der Waals surface area contributed by atoms with E-state index in [9.17, 15) is 0 Å². The molecule has 0 aliphatic heterocycles. The molecule has 0 atom stereocenters. The summed E-state index contributed by atoms with van der Waals surface area (Å²) in [5, 5.41) is 9.05. The van der Waals surface area contributed by atoms with E-state index in [2.05, 4.69) is 15.0 Å². The van der Waals surface area contributed by atoms with E-state index < -0.39 is 0 Å². The van der Waals surface area contributed by atoms with Gasteiger partial charge < -0.3 is 5.11 Å². The highest BCUT2D eigenvalue weighted by atomic mass is 16.3. The molecule has 2 heterocycles. The van der Waals surface area contributed by atoms with E-state index in [1.807, 2.05) is 19.1 Å². The van der Waals surface area contributed by atoms with E-state index in [0.29, 0.717) is 12.1 Å². The number of aliphatic hydroxyl groups excluding tert-OH is 1. The summed E-state index contributed by atoms with van der Waals surface area (Å²) in [5.41, 5.74) is 2.60. The molecule has 0 aliphatic carbocycles. The third-order valence-electron chi connectivity index (χ3n) is 2.20. The molecular formula is C12H13N3O. The molecule has 0 amide bonds. The van der Waals surface area contributed by atoms with E-state index in [1.165, 1.54) is 0 Å². The second-order valence-corrected chi connectivity index (χ2v) is 3.61. The molecule has 0 spiro atoms. The molecule has 0 bridgehead atoms. The second kappa shape index (κ2) is 4.81. The Bertz CT molecular complexity index is 471. The Balaban J connectivity index is 2.24. The average molecular weight is 215 g/mol. The zero-order valence-corrected chi connectivity index (χ0v) is 9.09. The predicted octanol–water partition coefficient (Wildman–Crippen LogP) is 1.26. The minimum atomic E-state index is -0.0522. The van der Waals surface area contributed by atoms with Crippen LogP contribution < -0.4 is 0 Å². The number of nitrogens with zero attached hydrogens (tertiary/aromatic N) is 3. The lowest BCUT2D eigenvalue weighted by Crippen LogP contribution is -2.02. The Hall–Kier alpha value is -1.81. The first kappa shape index (κ1) is 10.7. The summed E-state index contributed by atoms with van der Waals surface area (Å²) in [6, 6.07) is 5.65. The number of hydrogen-bond acceptors (Lipinski definition) is 4. The van der Waals surface area contributed by atoms with Gasteiger partial charge in [0.1, 0.15) is 5.82 Å². The molecule has 82 valence electrons. The Morgan fingerprint density at radius 3 is 2.88 bits per heavy atom. The Morgan fingerprint density at radius 1 is 1.31 bits per heavy atom. The van der Waals surface area contributed by atoms with Crippen molar-refractivity contribution in [2.45, 2.75) is 20.0 Å². The quantitative estimate of drug-likeness (QED) is 0.837. The highest BCUT2D eigenvalue weighted by Gasteiger charge is 2.02. The van der Waals surface area contributed by atoms with Crippen LogP contribution in [0, 0.1) is 6.92 Å². The first-order chi connectivity index (χ1) is 7.78. The Labute approximate surface area is 94.0 Å². The van der Waals surface area contributed by atoms with Crippen molar-refractivity contribution in [3.05, 3.63) is 53.4 Å². The maximum atomic E-state index is 9.05. The normalized spacial score (nSPS) is 10.4. The minimum absolute atomic E-state index is 0.0522. The number of hydrogen-bond donors (Lipinski definition) is 1. The van der Waals surface area contributed by atoms with Crippen molar-refractivity contribution in [3.8, 4) is 0 Å². The summed E-state index contributed by atoms with van der Waals surface area (Å²) in [6.45, 7) is 1.84. The van der Waals surface area contributed by atoms with Gasteiger partial charge in [0.25, 0.3) is 0 Å². The van der Waals surface area contributed by atoms with E-state index in [-0.39, 0.29) is 6.61 Å². The molecule has 4 heteroatoms. The molecule has 2 aromatic rings. The smallest absolute Gasteiger partial charge is 0.133 e. The van der Waals surface area contributed by atoms with Crippen molar-refractivity contribution < 1.29 is 5.11 Å². The maximum Gasteiger partial charge on any atom is 0.133 e. The maximum absolute atomic E-state index is 9.05. The fourth-order valence-corrected chi connectivity index (χ4v) is 1.55. The number of aromatic nitrogens is 3. The monoisotopic (exact) mass is 215 g/mol. The largest absolute Gasteiger partial charge is 0.390 e. The summed E-state index contributed by atoms with van der Waals surface area (Å²) < 4.78 is 0. The molecule has 1 N–H and O–H groups in total. The summed E-state index contributed by atoms with van der Waals surface area (Å²) in [7, 11) is 0. The first-order valence-corrected chi connectivity index (χ1v) is 5.11. The van der Waals surface area contributed by atoms with Crippen molar-refractivity contribution in [2.75, 3.05) is 0 Å². The number of aryl methyl sites for hydroxylation is 1. The van der Waals surface area contributed by atoms with Gasteiger partial charge in [0.15, 0.2) is 0 Å². The molecule has 4 nitrogen and oxygen atoms in total. The molecule has 16 heavy (non-hydrogen) atoms. The third-order valence-corrected chi connectivity index (χ3v) is 2.20. The van der Waals surface area contributed by atoms with Crippen LogP contribution in [-0.2, 0) is 13.0 Å². The zero-order valence-electron chi connectivity index (χ0n) is 9.09. The molecule has 0 saturated heterocycles. The molecule has 0 unspecified atom stereocenters. The van der Waals surface area contributed by atoms with Crippen LogP contribution in [0.3, 0.4) is 0 Å². The van der Waals surface area contributed by atoms with Gasteiger partial charge in [0.2, 0.25) is 0 Å². The number of pyridine rings is 1. The summed E-state index contributed by atoms with van der Waals surface area (Å²) >= 11 is 0. The lowest BCUT2D eigenvalue weighted by molar-refractivity contribution is 0.276. The zero-order chi connectivity index (χ0) is 11.4. The topological polar surface area (TPSA) is 58.9 Å². The Kier molecular flexibility index (Phi) is 3.22. The van der Waals surface area contributed by atoms with E-state index in [4.69, 9.17) is 5.11 Å². The van der Waals surface area contributed by atoms with Crippen molar-refractivity contribution in [1.82, 2.24) is 15.0 Å². The van der Waals surface area contributed by atoms with Crippen LogP contribution in [0.25, 0.3) is 0 Å². The third kappa shape index (κ3) is 2.61. The highest BCUT2D eigenvalue weighted by Crippen LogP contribution is 2.06. The molecule has 2 aromatic heterocycles. The lowest BCUT2D eigenvalue weighted by atomic mass is 10.2. The average Bonchev–Trinajstić information content (AvgIpc) is 2.29. The van der Waals surface area contributed by atoms with Gasteiger partial charge in [0, 0.05) is 24.5 Å². The van der Waals surface area contributed by atoms with Gasteiger partial charge in [-0.3, -0.25) is 4.98 Å². The molecular weight excluding hydrogens is 202 g/mol. The molecule has 0 aromatic carbocycles. The van der Waals surface area contributed by atoms with Gasteiger partial charge in [-0.25, -0.2) is 9.97 Å².